The smallest absolute Gasteiger partial charge is 0.251 e. The second-order valence-corrected chi connectivity index (χ2v) is 10.4. The Morgan fingerprint density at radius 1 is 0.457 bits per heavy atom. The summed E-state index contributed by atoms with van der Waals surface area (Å²) in [6.45, 7) is 0. The number of halogens is 6. The maximum absolute atomic E-state index is 13.0. The van der Waals surface area contributed by atoms with Gasteiger partial charge in [-0.3, -0.25) is 9.97 Å². The molecule has 12 heteroatoms. The molecule has 46 heavy (non-hydrogen) atoms. The maximum Gasteiger partial charge on any atom is 0.433 e. The van der Waals surface area contributed by atoms with E-state index < -0.39 is 23.7 Å². The third kappa shape index (κ3) is 4.59. The van der Waals surface area contributed by atoms with Gasteiger partial charge in [0.25, 0.3) is 0 Å². The zero-order valence-electron chi connectivity index (χ0n) is 23.0. The Labute approximate surface area is 254 Å². The minimum Gasteiger partial charge on any atom is -0.251 e. The predicted molar refractivity (Wildman–Crippen MR) is 158 cm³/mol. The molecule has 0 aliphatic heterocycles. The molecule has 7 rings (SSSR count). The van der Waals surface area contributed by atoms with Gasteiger partial charge in [0.15, 0.2) is 0 Å². The van der Waals surface area contributed by atoms with E-state index in [0.29, 0.717) is 65.3 Å². The molecule has 0 unspecified atom stereocenters. The van der Waals surface area contributed by atoms with Crippen molar-refractivity contribution < 1.29 is 26.3 Å². The van der Waals surface area contributed by atoms with Crippen molar-refractivity contribution in [1.82, 2.24) is 9.97 Å². The Balaban J connectivity index is 1.44. The molecule has 0 N–H and O–H groups in total. The summed E-state index contributed by atoms with van der Waals surface area (Å²) in [5.74, 6) is 0. The lowest BCUT2D eigenvalue weighted by atomic mass is 10.0. The van der Waals surface area contributed by atoms with Crippen LogP contribution in [0.1, 0.15) is 11.4 Å². The normalized spacial score (nSPS) is 13.2. The molecular weight excluding hydrogens is 606 g/mol. The Bertz CT molecular complexity index is 2380. The van der Waals surface area contributed by atoms with Crippen LogP contribution in [0.25, 0.3) is 65.3 Å². The maximum atomic E-state index is 13.0. The van der Waals surface area contributed by atoms with Crippen LogP contribution in [0.2, 0.25) is 0 Å². The topological polar surface area (TPSA) is 98.1 Å². The van der Waals surface area contributed by atoms with Gasteiger partial charge in [0.1, 0.15) is 11.4 Å². The van der Waals surface area contributed by atoms with E-state index in [2.05, 4.69) is 20.0 Å². The minimum atomic E-state index is -4.57. The summed E-state index contributed by atoms with van der Waals surface area (Å²) in [5.41, 5.74) is 0.0271. The highest BCUT2D eigenvalue weighted by atomic mass is 19.4. The Morgan fingerprint density at radius 3 is 1.15 bits per heavy atom. The average molecular weight is 621 g/mol. The summed E-state index contributed by atoms with van der Waals surface area (Å²) in [5, 5.41) is 25.2. The highest BCUT2D eigenvalue weighted by Crippen LogP contribution is 2.36. The molecule has 7 aromatic rings. The minimum absolute atomic E-state index is 0.372. The number of hydrogen-bond donors (Lipinski definition) is 0. The van der Waals surface area contributed by atoms with E-state index in [9.17, 15) is 36.9 Å². The summed E-state index contributed by atoms with van der Waals surface area (Å²) in [6.07, 6.45) is -3.19. The van der Waals surface area contributed by atoms with Gasteiger partial charge < -0.3 is 0 Å². The highest BCUT2D eigenvalue weighted by Gasteiger charge is 2.33. The standard InChI is InChI=1S/C34H14F6N6/c35-33(36,37)29-7-3-19(13-43-29)17-1-5-21-23-11-28-24(12-27(23)31(45-15-41)25(21)9-17)22-6-2-18(10-26(22)32(28)46-16-42)20-4-8-30(44-14-20)34(38,39)40/h1-14H/b45-31+,46-32+. The van der Waals surface area contributed by atoms with Gasteiger partial charge in [0.05, 0.1) is 10.7 Å². The predicted octanol–water partition coefficient (Wildman–Crippen LogP) is 8.10. The summed E-state index contributed by atoms with van der Waals surface area (Å²) >= 11 is 0. The number of nitrogens with zero attached hydrogens (tertiary/aromatic N) is 6. The van der Waals surface area contributed by atoms with Crippen LogP contribution in [0.4, 0.5) is 26.3 Å². The molecule has 0 aliphatic rings. The fourth-order valence-corrected chi connectivity index (χ4v) is 5.84. The Morgan fingerprint density at radius 2 is 0.826 bits per heavy atom. The van der Waals surface area contributed by atoms with E-state index in [1.54, 1.807) is 36.4 Å². The first kappa shape index (κ1) is 28.6. The van der Waals surface area contributed by atoms with Crippen molar-refractivity contribution in [2.75, 3.05) is 0 Å². The molecule has 0 radical (unpaired) electrons. The fourth-order valence-electron chi connectivity index (χ4n) is 5.84. The Hall–Kier alpha value is -6.14. The summed E-state index contributed by atoms with van der Waals surface area (Å²) < 4.78 is 78.2. The van der Waals surface area contributed by atoms with Crippen molar-refractivity contribution in [1.29, 1.82) is 10.5 Å². The van der Waals surface area contributed by atoms with Crippen LogP contribution in [-0.4, -0.2) is 9.97 Å². The SMILES string of the molecule is N#C/N=c1\c2cc(-c3ccc(C(F)(F)F)nc3)ccc2c2cc3/c(=N/C#N)c4cc(-c5ccc(C(F)(F)F)nc5)ccc4c3cc12. The zero-order valence-corrected chi connectivity index (χ0v) is 23.0. The second kappa shape index (κ2) is 10.2. The van der Waals surface area contributed by atoms with Gasteiger partial charge in [-0.1, -0.05) is 36.4 Å². The van der Waals surface area contributed by atoms with Gasteiger partial charge in [0.2, 0.25) is 12.4 Å². The zero-order chi connectivity index (χ0) is 32.4. The molecule has 0 spiro atoms. The number of nitriles is 2. The van der Waals surface area contributed by atoms with E-state index in [0.717, 1.165) is 35.3 Å². The lowest BCUT2D eigenvalue weighted by molar-refractivity contribution is -0.141. The van der Waals surface area contributed by atoms with Crippen LogP contribution >= 0.6 is 0 Å². The molecule has 5 aromatic carbocycles. The van der Waals surface area contributed by atoms with Crippen molar-refractivity contribution in [3.63, 3.8) is 0 Å². The molecule has 0 amide bonds. The third-order valence-electron chi connectivity index (χ3n) is 7.90. The van der Waals surface area contributed by atoms with E-state index >= 15 is 0 Å². The first-order chi connectivity index (χ1) is 22.0. The average Bonchev–Trinajstić information content (AvgIpc) is 3.50. The summed E-state index contributed by atoms with van der Waals surface area (Å²) in [4.78, 5) is 15.3. The second-order valence-electron chi connectivity index (χ2n) is 10.4. The van der Waals surface area contributed by atoms with Gasteiger partial charge in [-0.2, -0.15) is 46.9 Å². The molecule has 2 heterocycles. The number of fused-ring (bicyclic) bond motifs is 6. The summed E-state index contributed by atoms with van der Waals surface area (Å²) in [7, 11) is 0. The van der Waals surface area contributed by atoms with Crippen LogP contribution in [0.5, 0.6) is 0 Å². The number of benzene rings is 3. The lowest BCUT2D eigenvalue weighted by Gasteiger charge is -2.07. The van der Waals surface area contributed by atoms with Gasteiger partial charge in [-0.25, -0.2) is 0 Å². The fraction of sp³-hybridized carbons (Fsp3) is 0.0588. The molecule has 0 saturated heterocycles. The molecule has 0 bridgehead atoms. The van der Waals surface area contributed by atoms with E-state index in [1.807, 2.05) is 24.5 Å². The van der Waals surface area contributed by atoms with Crippen LogP contribution in [-0.2, 0) is 12.4 Å². The Kier molecular flexibility index (Phi) is 6.35. The molecular formula is C34H14F6N6. The molecule has 0 aliphatic carbocycles. The van der Waals surface area contributed by atoms with Crippen molar-refractivity contribution in [2.45, 2.75) is 12.4 Å². The first-order valence-electron chi connectivity index (χ1n) is 13.5. The van der Waals surface area contributed by atoms with Crippen LogP contribution in [0.3, 0.4) is 0 Å². The molecule has 222 valence electrons. The van der Waals surface area contributed by atoms with Crippen molar-refractivity contribution in [2.24, 2.45) is 9.98 Å². The van der Waals surface area contributed by atoms with Gasteiger partial charge >= 0.3 is 12.4 Å². The van der Waals surface area contributed by atoms with E-state index in [4.69, 9.17) is 0 Å². The first-order valence-corrected chi connectivity index (χ1v) is 13.5. The summed E-state index contributed by atoms with van der Waals surface area (Å²) in [6, 6.07) is 18.7. The highest BCUT2D eigenvalue weighted by molar-refractivity contribution is 6.21. The van der Waals surface area contributed by atoms with Crippen molar-refractivity contribution in [3.8, 4) is 34.6 Å². The largest absolute Gasteiger partial charge is 0.433 e. The van der Waals surface area contributed by atoms with Crippen LogP contribution in [0, 0.1) is 22.9 Å². The molecule has 0 saturated carbocycles. The quantitative estimate of drug-likeness (QED) is 0.144. The van der Waals surface area contributed by atoms with Gasteiger partial charge in [-0.05, 0) is 69.1 Å². The van der Waals surface area contributed by atoms with Crippen molar-refractivity contribution in [3.05, 3.63) is 107 Å². The van der Waals surface area contributed by atoms with Crippen LogP contribution < -0.4 is 10.7 Å². The van der Waals surface area contributed by atoms with Gasteiger partial charge in [0, 0.05) is 45.1 Å². The van der Waals surface area contributed by atoms with Gasteiger partial charge in [-0.15, -0.1) is 0 Å². The van der Waals surface area contributed by atoms with E-state index in [1.165, 1.54) is 12.1 Å². The number of rotatable bonds is 2. The van der Waals surface area contributed by atoms with Crippen molar-refractivity contribution >= 4 is 43.1 Å². The monoisotopic (exact) mass is 620 g/mol. The number of pyridine rings is 2. The molecule has 0 atom stereocenters. The molecule has 6 nitrogen and oxygen atoms in total. The molecule has 0 fully saturated rings. The molecule has 2 aromatic heterocycles. The lowest BCUT2D eigenvalue weighted by Crippen LogP contribution is -2.07. The third-order valence-corrected chi connectivity index (χ3v) is 7.90. The number of hydrogen-bond acceptors (Lipinski definition) is 6. The number of aromatic nitrogens is 2. The van der Waals surface area contributed by atoms with E-state index in [-0.39, 0.29) is 0 Å². The van der Waals surface area contributed by atoms with Crippen LogP contribution in [0.15, 0.2) is 95.2 Å². The number of alkyl halides is 6.